The zero-order valence-electron chi connectivity index (χ0n) is 19.4. The summed E-state index contributed by atoms with van der Waals surface area (Å²) < 4.78 is 21.5. The molecule has 0 radical (unpaired) electrons. The molecule has 1 aliphatic heterocycles. The first-order valence-corrected chi connectivity index (χ1v) is 12.4. The van der Waals surface area contributed by atoms with Gasteiger partial charge in [0.15, 0.2) is 5.13 Å². The monoisotopic (exact) mass is 496 g/mol. The normalized spacial score (nSPS) is 13.9. The van der Waals surface area contributed by atoms with Crippen molar-refractivity contribution in [1.82, 2.24) is 14.8 Å². The summed E-state index contributed by atoms with van der Waals surface area (Å²) in [5.41, 5.74) is 5.86. The van der Waals surface area contributed by atoms with Gasteiger partial charge in [-0.1, -0.05) is 31.2 Å². The maximum Gasteiger partial charge on any atom is 0.254 e. The Hall–Kier alpha value is -4.30. The number of fused-ring (bicyclic) bond motifs is 3. The van der Waals surface area contributed by atoms with E-state index in [-0.39, 0.29) is 11.7 Å². The summed E-state index contributed by atoms with van der Waals surface area (Å²) in [6, 6.07) is 18.2. The van der Waals surface area contributed by atoms with Gasteiger partial charge in [-0.05, 0) is 47.9 Å². The standard InChI is InChI=1S/C28H21FN4O2S/c1-2-21(27(34)32-28-30-11-12-36-28)26-22-6-4-3-5-17(22)16-35-25-14-24-18(13-23(25)26)15-31-33(24)20-9-7-19(29)8-10-20/h3-15H,2,16H2,1H3,(H,30,32,34)/b26-21-. The van der Waals surface area contributed by atoms with Crippen LogP contribution in [0.5, 0.6) is 5.75 Å². The summed E-state index contributed by atoms with van der Waals surface area (Å²) >= 11 is 1.38. The number of halogens is 1. The third-order valence-corrected chi connectivity index (χ3v) is 6.95. The molecule has 5 aromatic rings. The van der Waals surface area contributed by atoms with Crippen LogP contribution in [0.1, 0.15) is 30.0 Å². The maximum atomic E-state index is 13.5. The van der Waals surface area contributed by atoms with Gasteiger partial charge in [-0.25, -0.2) is 14.1 Å². The highest BCUT2D eigenvalue weighted by Gasteiger charge is 2.26. The Morgan fingerprint density at radius 3 is 2.75 bits per heavy atom. The van der Waals surface area contributed by atoms with Crippen LogP contribution in [0.3, 0.4) is 0 Å². The van der Waals surface area contributed by atoms with Crippen molar-refractivity contribution < 1.29 is 13.9 Å². The highest BCUT2D eigenvalue weighted by molar-refractivity contribution is 7.13. The Kier molecular flexibility index (Phi) is 5.58. The molecule has 0 spiro atoms. The van der Waals surface area contributed by atoms with E-state index in [4.69, 9.17) is 4.74 Å². The second-order valence-corrected chi connectivity index (χ2v) is 9.28. The molecule has 0 atom stereocenters. The number of rotatable bonds is 4. The zero-order chi connectivity index (χ0) is 24.6. The van der Waals surface area contributed by atoms with Crippen molar-refractivity contribution in [3.8, 4) is 11.4 Å². The van der Waals surface area contributed by atoms with Gasteiger partial charge in [0.1, 0.15) is 18.2 Å². The van der Waals surface area contributed by atoms with E-state index < -0.39 is 0 Å². The van der Waals surface area contributed by atoms with Gasteiger partial charge in [0.2, 0.25) is 0 Å². The van der Waals surface area contributed by atoms with E-state index in [1.54, 1.807) is 29.2 Å². The first kappa shape index (κ1) is 22.2. The number of ether oxygens (including phenoxy) is 1. The zero-order valence-corrected chi connectivity index (χ0v) is 20.2. The summed E-state index contributed by atoms with van der Waals surface area (Å²) in [6.45, 7) is 2.34. The summed E-state index contributed by atoms with van der Waals surface area (Å²) in [5.74, 6) is 0.167. The van der Waals surface area contributed by atoms with Crippen LogP contribution < -0.4 is 10.1 Å². The van der Waals surface area contributed by atoms with Gasteiger partial charge < -0.3 is 4.74 Å². The lowest BCUT2D eigenvalue weighted by molar-refractivity contribution is -0.112. The number of anilines is 1. The molecular weight excluding hydrogens is 475 g/mol. The fourth-order valence-corrected chi connectivity index (χ4v) is 5.11. The van der Waals surface area contributed by atoms with E-state index >= 15 is 0 Å². The second kappa shape index (κ2) is 9.05. The van der Waals surface area contributed by atoms with E-state index in [1.807, 2.05) is 48.7 Å². The maximum absolute atomic E-state index is 13.5. The summed E-state index contributed by atoms with van der Waals surface area (Å²) in [4.78, 5) is 17.7. The lowest BCUT2D eigenvalue weighted by Gasteiger charge is -2.16. The van der Waals surface area contributed by atoms with Gasteiger partial charge in [0, 0.05) is 39.7 Å². The number of hydrogen-bond acceptors (Lipinski definition) is 5. The fourth-order valence-electron chi connectivity index (χ4n) is 4.58. The summed E-state index contributed by atoms with van der Waals surface area (Å²) in [5, 5.41) is 10.8. The Bertz CT molecular complexity index is 1620. The molecule has 1 aliphatic rings. The molecule has 36 heavy (non-hydrogen) atoms. The first-order valence-electron chi connectivity index (χ1n) is 11.6. The number of carbonyl (C=O) groups excluding carboxylic acids is 1. The SMILES string of the molecule is CC/C(C(=O)Nc1nccs1)=C1\c2ccccc2COc2cc3c(cnn3-c3ccc(F)cc3)cc21. The second-order valence-electron chi connectivity index (χ2n) is 8.38. The molecule has 0 fully saturated rings. The Labute approximate surface area is 210 Å². The number of aromatic nitrogens is 3. The van der Waals surface area contributed by atoms with Gasteiger partial charge in [0.25, 0.3) is 5.91 Å². The van der Waals surface area contributed by atoms with Crippen LogP contribution in [-0.2, 0) is 11.4 Å². The summed E-state index contributed by atoms with van der Waals surface area (Å²) in [7, 11) is 0. The van der Waals surface area contributed by atoms with Crippen LogP contribution in [0, 0.1) is 5.82 Å². The van der Waals surface area contributed by atoms with Crippen LogP contribution >= 0.6 is 11.3 Å². The average molecular weight is 497 g/mol. The highest BCUT2D eigenvalue weighted by atomic mass is 32.1. The number of nitrogens with zero attached hydrogens (tertiary/aromatic N) is 3. The van der Waals surface area contributed by atoms with Crippen molar-refractivity contribution in [2.75, 3.05) is 5.32 Å². The first-order chi connectivity index (χ1) is 17.6. The van der Waals surface area contributed by atoms with Crippen LogP contribution in [0.2, 0.25) is 0 Å². The number of thiazole rings is 1. The Balaban J connectivity index is 1.56. The van der Waals surface area contributed by atoms with Crippen LogP contribution in [0.15, 0.2) is 84.0 Å². The van der Waals surface area contributed by atoms with E-state index in [0.29, 0.717) is 29.5 Å². The Morgan fingerprint density at radius 2 is 1.97 bits per heavy atom. The van der Waals surface area contributed by atoms with E-state index in [9.17, 15) is 9.18 Å². The molecule has 8 heteroatoms. The number of carbonyl (C=O) groups is 1. The largest absolute Gasteiger partial charge is 0.488 e. The lowest BCUT2D eigenvalue weighted by Crippen LogP contribution is -2.16. The van der Waals surface area contributed by atoms with Gasteiger partial charge in [-0.2, -0.15) is 5.10 Å². The molecule has 6 rings (SSSR count). The van der Waals surface area contributed by atoms with E-state index in [1.165, 1.54) is 23.5 Å². The number of hydrogen-bond donors (Lipinski definition) is 1. The predicted octanol–water partition coefficient (Wildman–Crippen LogP) is 6.36. The van der Waals surface area contributed by atoms with Crippen LogP contribution in [0.25, 0.3) is 22.2 Å². The van der Waals surface area contributed by atoms with Crippen molar-refractivity contribution in [1.29, 1.82) is 0 Å². The molecule has 0 bridgehead atoms. The van der Waals surface area contributed by atoms with Gasteiger partial charge in [-0.15, -0.1) is 11.3 Å². The van der Waals surface area contributed by atoms with Crippen molar-refractivity contribution in [2.24, 2.45) is 0 Å². The highest BCUT2D eigenvalue weighted by Crippen LogP contribution is 2.42. The molecule has 1 amide bonds. The molecule has 0 saturated heterocycles. The molecular formula is C28H21FN4O2S. The van der Waals surface area contributed by atoms with Crippen LogP contribution in [0.4, 0.5) is 9.52 Å². The molecule has 2 aromatic heterocycles. The van der Waals surface area contributed by atoms with Gasteiger partial charge in [0.05, 0.1) is 17.4 Å². The van der Waals surface area contributed by atoms with Crippen molar-refractivity contribution >= 4 is 38.9 Å². The Morgan fingerprint density at radius 1 is 1.14 bits per heavy atom. The molecule has 0 saturated carbocycles. The number of nitrogens with one attached hydrogen (secondary N) is 1. The molecule has 3 aromatic carbocycles. The predicted molar refractivity (Wildman–Crippen MR) is 139 cm³/mol. The number of amides is 1. The smallest absolute Gasteiger partial charge is 0.254 e. The fraction of sp³-hybridized carbons (Fsp3) is 0.107. The minimum atomic E-state index is -0.303. The topological polar surface area (TPSA) is 69.0 Å². The summed E-state index contributed by atoms with van der Waals surface area (Å²) in [6.07, 6.45) is 3.96. The minimum Gasteiger partial charge on any atom is -0.488 e. The van der Waals surface area contributed by atoms with E-state index in [0.717, 1.165) is 38.9 Å². The number of benzene rings is 3. The molecule has 3 heterocycles. The molecule has 0 aliphatic carbocycles. The van der Waals surface area contributed by atoms with Gasteiger partial charge in [-0.3, -0.25) is 10.1 Å². The average Bonchev–Trinajstić information content (AvgIpc) is 3.52. The van der Waals surface area contributed by atoms with Gasteiger partial charge >= 0.3 is 0 Å². The lowest BCUT2D eigenvalue weighted by atomic mass is 9.88. The molecule has 6 nitrogen and oxygen atoms in total. The van der Waals surface area contributed by atoms with Crippen LogP contribution in [-0.4, -0.2) is 20.7 Å². The van der Waals surface area contributed by atoms with Crippen molar-refractivity contribution in [3.63, 3.8) is 0 Å². The minimum absolute atomic E-state index is 0.188. The molecule has 178 valence electrons. The quantitative estimate of drug-likeness (QED) is 0.294. The van der Waals surface area contributed by atoms with E-state index in [2.05, 4.69) is 15.4 Å². The molecule has 0 unspecified atom stereocenters. The van der Waals surface area contributed by atoms with Crippen molar-refractivity contribution in [2.45, 2.75) is 20.0 Å². The third kappa shape index (κ3) is 3.85. The third-order valence-electron chi connectivity index (χ3n) is 6.26. The molecule has 1 N–H and O–H groups in total. The van der Waals surface area contributed by atoms with Crippen molar-refractivity contribution in [3.05, 3.63) is 107 Å².